The van der Waals surface area contributed by atoms with Crippen LogP contribution in [0.15, 0.2) is 0 Å². The van der Waals surface area contributed by atoms with Crippen LogP contribution in [0, 0.1) is 0 Å². The van der Waals surface area contributed by atoms with E-state index in [0.717, 1.165) is 0 Å². The average Bonchev–Trinajstić information content (AvgIpc) is 2.36. The highest BCUT2D eigenvalue weighted by Crippen LogP contribution is 1.96. The topological polar surface area (TPSA) is 84.9 Å². The number of rotatable bonds is 11. The number of nitrogens with one attached hydrogen (secondary N) is 1. The number of esters is 1. The molecule has 20 heavy (non-hydrogen) atoms. The van der Waals surface area contributed by atoms with Crippen molar-refractivity contribution in [2.24, 2.45) is 0 Å². The van der Waals surface area contributed by atoms with Crippen molar-refractivity contribution in [2.45, 2.75) is 19.8 Å². The number of carbonyl (C=O) groups is 3. The molecule has 0 aliphatic rings. The Bertz CT molecular complexity index is 320. The van der Waals surface area contributed by atoms with E-state index in [9.17, 15) is 14.4 Å². The van der Waals surface area contributed by atoms with Crippen molar-refractivity contribution in [3.05, 3.63) is 0 Å². The maximum Gasteiger partial charge on any atom is 0.306 e. The molecule has 0 bridgehead atoms. The molecule has 0 fully saturated rings. The van der Waals surface area contributed by atoms with Crippen LogP contribution in [-0.2, 0) is 23.9 Å². The second-order valence-corrected chi connectivity index (χ2v) is 4.36. The predicted octanol–water partition coefficient (Wildman–Crippen LogP) is -0.407. The molecule has 0 atom stereocenters. The van der Waals surface area contributed by atoms with E-state index in [-0.39, 0.29) is 43.6 Å². The number of ether oxygens (including phenoxy) is 2. The molecule has 0 aromatic rings. The highest BCUT2D eigenvalue weighted by Gasteiger charge is 2.12. The number of ketones is 1. The quantitative estimate of drug-likeness (QED) is 0.411. The number of amides is 1. The summed E-state index contributed by atoms with van der Waals surface area (Å²) >= 11 is 0. The van der Waals surface area contributed by atoms with Gasteiger partial charge < -0.3 is 14.8 Å². The minimum absolute atomic E-state index is 0.0839. The fourth-order valence-corrected chi connectivity index (χ4v) is 1.50. The van der Waals surface area contributed by atoms with Crippen molar-refractivity contribution in [1.82, 2.24) is 10.2 Å². The van der Waals surface area contributed by atoms with Gasteiger partial charge in [0.15, 0.2) is 0 Å². The van der Waals surface area contributed by atoms with Crippen molar-refractivity contribution in [3.63, 3.8) is 0 Å². The van der Waals surface area contributed by atoms with Gasteiger partial charge in [-0.2, -0.15) is 0 Å². The van der Waals surface area contributed by atoms with Gasteiger partial charge in [-0.25, -0.2) is 0 Å². The summed E-state index contributed by atoms with van der Waals surface area (Å²) in [7, 11) is 3.23. The van der Waals surface area contributed by atoms with Crippen LogP contribution in [0.25, 0.3) is 0 Å². The van der Waals surface area contributed by atoms with E-state index in [4.69, 9.17) is 9.47 Å². The zero-order valence-corrected chi connectivity index (χ0v) is 12.4. The highest BCUT2D eigenvalue weighted by atomic mass is 16.5. The summed E-state index contributed by atoms with van der Waals surface area (Å²) in [6.45, 7) is 3.20. The van der Waals surface area contributed by atoms with Gasteiger partial charge in [0.2, 0.25) is 5.91 Å². The summed E-state index contributed by atoms with van der Waals surface area (Å²) < 4.78 is 9.55. The third kappa shape index (κ3) is 10.5. The second kappa shape index (κ2) is 11.4. The Kier molecular flexibility index (Phi) is 10.5. The van der Waals surface area contributed by atoms with E-state index >= 15 is 0 Å². The summed E-state index contributed by atoms with van der Waals surface area (Å²) in [5.41, 5.74) is 0. The van der Waals surface area contributed by atoms with Crippen LogP contribution in [0.2, 0.25) is 0 Å². The van der Waals surface area contributed by atoms with Crippen molar-refractivity contribution in [2.75, 3.05) is 47.0 Å². The lowest BCUT2D eigenvalue weighted by molar-refractivity contribution is -0.144. The molecule has 1 amide bonds. The molecule has 0 saturated carbocycles. The third-order valence-corrected chi connectivity index (χ3v) is 2.40. The number of carbonyl (C=O) groups excluding carboxylic acids is 3. The van der Waals surface area contributed by atoms with Crippen LogP contribution in [0.1, 0.15) is 19.8 Å². The van der Waals surface area contributed by atoms with Crippen LogP contribution < -0.4 is 5.32 Å². The van der Waals surface area contributed by atoms with Gasteiger partial charge in [-0.3, -0.25) is 19.3 Å². The van der Waals surface area contributed by atoms with Gasteiger partial charge in [-0.1, -0.05) is 0 Å². The molecule has 0 heterocycles. The zero-order chi connectivity index (χ0) is 15.4. The van der Waals surface area contributed by atoms with Gasteiger partial charge in [-0.05, 0) is 14.0 Å². The normalized spacial score (nSPS) is 10.4. The molecule has 0 radical (unpaired) electrons. The minimum Gasteiger partial charge on any atom is -0.466 e. The molecule has 0 spiro atoms. The van der Waals surface area contributed by atoms with Gasteiger partial charge >= 0.3 is 5.97 Å². The summed E-state index contributed by atoms with van der Waals surface area (Å²) in [5.74, 6) is -0.631. The van der Waals surface area contributed by atoms with Crippen LogP contribution in [0.4, 0.5) is 0 Å². The molecule has 0 aliphatic carbocycles. The van der Waals surface area contributed by atoms with E-state index in [1.54, 1.807) is 26.0 Å². The van der Waals surface area contributed by atoms with E-state index in [2.05, 4.69) is 5.32 Å². The second-order valence-electron chi connectivity index (χ2n) is 4.36. The number of methoxy groups -OCH3 is 1. The lowest BCUT2D eigenvalue weighted by Gasteiger charge is -2.15. The maximum atomic E-state index is 11.6. The number of likely N-dealkylation sites (N-methyl/N-ethyl adjacent to an activating group) is 1. The standard InChI is InChI=1S/C13H24N2O5/c1-4-20-13(18)6-5-11(16)9-15(2)10-12(17)14-7-8-19-3/h4-10H2,1-3H3,(H,14,17). The summed E-state index contributed by atoms with van der Waals surface area (Å²) in [5, 5.41) is 2.66. The molecule has 0 rings (SSSR count). The number of hydrogen-bond donors (Lipinski definition) is 1. The first-order valence-electron chi connectivity index (χ1n) is 6.61. The van der Waals surface area contributed by atoms with Crippen LogP contribution in [-0.4, -0.2) is 69.6 Å². The van der Waals surface area contributed by atoms with E-state index in [1.807, 2.05) is 0 Å². The van der Waals surface area contributed by atoms with E-state index < -0.39 is 0 Å². The van der Waals surface area contributed by atoms with Gasteiger partial charge in [0.25, 0.3) is 0 Å². The fourth-order valence-electron chi connectivity index (χ4n) is 1.50. The summed E-state index contributed by atoms with van der Waals surface area (Å²) in [6.07, 6.45) is 0.217. The molecule has 0 saturated heterocycles. The monoisotopic (exact) mass is 288 g/mol. The lowest BCUT2D eigenvalue weighted by atomic mass is 10.2. The summed E-state index contributed by atoms with van der Waals surface area (Å²) in [6, 6.07) is 0. The first-order chi connectivity index (χ1) is 9.49. The molecular weight excluding hydrogens is 264 g/mol. The van der Waals surface area contributed by atoms with Crippen LogP contribution in [0.5, 0.6) is 0 Å². The largest absolute Gasteiger partial charge is 0.466 e. The summed E-state index contributed by atoms with van der Waals surface area (Å²) in [4.78, 5) is 35.8. The Morgan fingerprint density at radius 1 is 1.15 bits per heavy atom. The maximum absolute atomic E-state index is 11.6. The third-order valence-electron chi connectivity index (χ3n) is 2.40. The van der Waals surface area contributed by atoms with Crippen molar-refractivity contribution < 1.29 is 23.9 Å². The average molecular weight is 288 g/mol. The minimum atomic E-state index is -0.374. The Labute approximate surface area is 119 Å². The fraction of sp³-hybridized carbons (Fsp3) is 0.769. The number of nitrogens with zero attached hydrogens (tertiary/aromatic N) is 1. The van der Waals surface area contributed by atoms with E-state index in [0.29, 0.717) is 19.8 Å². The van der Waals surface area contributed by atoms with Crippen LogP contribution in [0.3, 0.4) is 0 Å². The molecule has 0 aliphatic heterocycles. The Hall–Kier alpha value is -1.47. The van der Waals surface area contributed by atoms with Gasteiger partial charge in [0.05, 0.1) is 32.7 Å². The smallest absolute Gasteiger partial charge is 0.306 e. The number of hydrogen-bond acceptors (Lipinski definition) is 6. The SMILES string of the molecule is CCOC(=O)CCC(=O)CN(C)CC(=O)NCCOC. The highest BCUT2D eigenvalue weighted by molar-refractivity contribution is 5.85. The molecule has 0 unspecified atom stereocenters. The Morgan fingerprint density at radius 2 is 1.85 bits per heavy atom. The molecule has 1 N–H and O–H groups in total. The molecule has 7 heteroatoms. The Morgan fingerprint density at radius 3 is 2.45 bits per heavy atom. The van der Waals surface area contributed by atoms with Gasteiger partial charge in [-0.15, -0.1) is 0 Å². The van der Waals surface area contributed by atoms with Crippen molar-refractivity contribution in [1.29, 1.82) is 0 Å². The Balaban J connectivity index is 3.78. The van der Waals surface area contributed by atoms with Crippen molar-refractivity contribution >= 4 is 17.7 Å². The molecule has 116 valence electrons. The van der Waals surface area contributed by atoms with Gasteiger partial charge in [0.1, 0.15) is 5.78 Å². The first-order valence-corrected chi connectivity index (χ1v) is 6.61. The molecule has 0 aromatic carbocycles. The lowest BCUT2D eigenvalue weighted by Crippen LogP contribution is -2.38. The molecule has 7 nitrogen and oxygen atoms in total. The molecule has 0 aromatic heterocycles. The predicted molar refractivity (Wildman–Crippen MR) is 73.3 cm³/mol. The van der Waals surface area contributed by atoms with Crippen molar-refractivity contribution in [3.8, 4) is 0 Å². The molecular formula is C13H24N2O5. The van der Waals surface area contributed by atoms with Crippen LogP contribution >= 0.6 is 0 Å². The first kappa shape index (κ1) is 18.5. The van der Waals surface area contributed by atoms with Gasteiger partial charge in [0, 0.05) is 20.1 Å². The number of Topliss-reactive ketones (excluding diaryl/α,β-unsaturated/α-hetero) is 1. The van der Waals surface area contributed by atoms with E-state index in [1.165, 1.54) is 0 Å². The zero-order valence-electron chi connectivity index (χ0n) is 12.4.